The molecule has 2 aliphatic heterocycles. The summed E-state index contributed by atoms with van der Waals surface area (Å²) in [5.41, 5.74) is 7.42. The molecule has 2 atom stereocenters. The zero-order chi connectivity index (χ0) is 37.3. The fourth-order valence-corrected chi connectivity index (χ4v) is 9.74. The van der Waals surface area contributed by atoms with Gasteiger partial charge < -0.3 is 0 Å². The maximum Gasteiger partial charge on any atom is 0.163 e. The van der Waals surface area contributed by atoms with Crippen LogP contribution in [0.4, 0.5) is 0 Å². The Kier molecular flexibility index (Phi) is 9.13. The Balaban J connectivity index is 1.12. The summed E-state index contributed by atoms with van der Waals surface area (Å²) in [5.74, 6) is 2.04. The van der Waals surface area contributed by atoms with Crippen molar-refractivity contribution in [2.24, 2.45) is 9.98 Å². The van der Waals surface area contributed by atoms with Gasteiger partial charge in [-0.25, -0.2) is 0 Å². The summed E-state index contributed by atoms with van der Waals surface area (Å²) in [5, 5.41) is 21.0. The topological polar surface area (TPSA) is 120 Å². The van der Waals surface area contributed by atoms with Crippen LogP contribution in [0.1, 0.15) is 97.8 Å². The number of benzene rings is 2. The predicted molar refractivity (Wildman–Crippen MR) is 210 cm³/mol. The van der Waals surface area contributed by atoms with Crippen LogP contribution in [0.5, 0.6) is 0 Å². The van der Waals surface area contributed by atoms with E-state index in [0.29, 0.717) is 33.3 Å². The van der Waals surface area contributed by atoms with Crippen molar-refractivity contribution in [1.29, 1.82) is 0 Å². The Labute approximate surface area is 324 Å². The number of Topliss-reactive ketones (excluding diaryl/α,β-unsaturated/α-hetero) is 2. The lowest BCUT2D eigenvalue weighted by Crippen LogP contribution is -2.17. The van der Waals surface area contributed by atoms with Gasteiger partial charge in [0.2, 0.25) is 0 Å². The Morgan fingerprint density at radius 1 is 0.604 bits per heavy atom. The molecule has 0 radical (unpaired) electrons. The van der Waals surface area contributed by atoms with E-state index in [1.807, 2.05) is 71.5 Å². The highest BCUT2D eigenvalue weighted by atomic mass is 35.5. The summed E-state index contributed by atoms with van der Waals surface area (Å²) in [7, 11) is 0. The molecule has 6 aromatic rings. The molecular formula is C39H34Cl2N8O2S2. The molecule has 14 heteroatoms. The van der Waals surface area contributed by atoms with Crippen LogP contribution in [0.15, 0.2) is 58.5 Å². The second-order valence-electron chi connectivity index (χ2n) is 13.5. The molecule has 0 unspecified atom stereocenters. The molecule has 268 valence electrons. The molecule has 0 N–H and O–H groups in total. The minimum atomic E-state index is -0.665. The highest BCUT2D eigenvalue weighted by Crippen LogP contribution is 2.42. The van der Waals surface area contributed by atoms with Crippen molar-refractivity contribution in [3.8, 4) is 10.0 Å². The maximum absolute atomic E-state index is 13.9. The standard InChI is InChI=1S/C39H34Cl2N8O2S2/c1-18-20(3)52-38-32(18)34(24-7-11-26(40)12-8-24)42-30(36-46-44-22(5)48(36)38)16-28(50)15-29(51)17-31-37-47-45-23(6)49(37)39-33(19(2)21(4)53-39)35(43-31)25-9-13-27(41)14-10-25/h7-14,30-31H,15-17H2,1-6H3/t30-,31-/m0/s1. The lowest BCUT2D eigenvalue weighted by atomic mass is 9.98. The molecule has 10 nitrogen and oxygen atoms in total. The molecule has 4 aromatic heterocycles. The van der Waals surface area contributed by atoms with Crippen LogP contribution in [0.25, 0.3) is 10.0 Å². The number of aryl methyl sites for hydroxylation is 4. The van der Waals surface area contributed by atoms with Gasteiger partial charge >= 0.3 is 0 Å². The molecule has 2 aliphatic rings. The number of carbonyl (C=O) groups excluding carboxylic acids is 2. The van der Waals surface area contributed by atoms with Crippen LogP contribution < -0.4 is 0 Å². The molecular weight excluding hydrogens is 748 g/mol. The Morgan fingerprint density at radius 2 is 0.981 bits per heavy atom. The van der Waals surface area contributed by atoms with Crippen molar-refractivity contribution in [3.05, 3.63) is 125 Å². The fourth-order valence-electron chi connectivity index (χ4n) is 7.06. The van der Waals surface area contributed by atoms with Gasteiger partial charge in [0.05, 0.1) is 17.8 Å². The van der Waals surface area contributed by atoms with E-state index in [2.05, 4.69) is 48.1 Å². The van der Waals surface area contributed by atoms with Gasteiger partial charge in [-0.3, -0.25) is 28.7 Å². The van der Waals surface area contributed by atoms with E-state index in [0.717, 1.165) is 64.6 Å². The summed E-state index contributed by atoms with van der Waals surface area (Å²) in [4.78, 5) is 40.6. The van der Waals surface area contributed by atoms with Crippen molar-refractivity contribution >= 4 is 68.9 Å². The van der Waals surface area contributed by atoms with Crippen molar-refractivity contribution in [2.45, 2.75) is 72.9 Å². The normalized spacial score (nSPS) is 16.2. The van der Waals surface area contributed by atoms with Crippen molar-refractivity contribution in [3.63, 3.8) is 0 Å². The van der Waals surface area contributed by atoms with Crippen LogP contribution in [0.3, 0.4) is 0 Å². The van der Waals surface area contributed by atoms with Gasteiger partial charge in [-0.1, -0.05) is 47.5 Å². The van der Waals surface area contributed by atoms with Crippen LogP contribution in [0.2, 0.25) is 10.0 Å². The Hall–Kier alpha value is -4.62. The van der Waals surface area contributed by atoms with E-state index < -0.39 is 12.1 Å². The number of carbonyl (C=O) groups is 2. The van der Waals surface area contributed by atoms with E-state index >= 15 is 0 Å². The number of hydrogen-bond acceptors (Lipinski definition) is 10. The number of nitrogens with zero attached hydrogens (tertiary/aromatic N) is 8. The molecule has 0 saturated heterocycles. The third-order valence-corrected chi connectivity index (χ3v) is 12.8. The monoisotopic (exact) mass is 780 g/mol. The number of rotatable bonds is 8. The summed E-state index contributed by atoms with van der Waals surface area (Å²) < 4.78 is 4.00. The van der Waals surface area contributed by atoms with Crippen LogP contribution in [-0.4, -0.2) is 52.5 Å². The number of ketones is 2. The molecule has 53 heavy (non-hydrogen) atoms. The third kappa shape index (κ3) is 6.21. The van der Waals surface area contributed by atoms with Gasteiger partial charge in [0.25, 0.3) is 0 Å². The summed E-state index contributed by atoms with van der Waals surface area (Å²) in [6.45, 7) is 12.1. The number of aliphatic imine (C=N–C) groups is 2. The third-order valence-electron chi connectivity index (χ3n) is 9.95. The minimum absolute atomic E-state index is 0.0249. The molecule has 0 fully saturated rings. The van der Waals surface area contributed by atoms with Gasteiger partial charge in [0, 0.05) is 54.9 Å². The number of fused-ring (bicyclic) bond motifs is 6. The SMILES string of the molecule is Cc1sc2c(c1C)C(c1ccc(Cl)cc1)=N[C@@H](CC(=O)CC(=O)C[C@@H]1N=C(c3ccc(Cl)cc3)c3c(sc(C)c3C)-n3c(C)nnc31)c1nnc(C)n1-2. The maximum atomic E-state index is 13.9. The molecule has 8 rings (SSSR count). The smallest absolute Gasteiger partial charge is 0.163 e. The Morgan fingerprint density at radius 3 is 1.36 bits per heavy atom. The highest BCUT2D eigenvalue weighted by molar-refractivity contribution is 7.15. The first-order valence-electron chi connectivity index (χ1n) is 17.2. The average molecular weight is 782 g/mol. The van der Waals surface area contributed by atoms with Crippen LogP contribution in [-0.2, 0) is 9.59 Å². The van der Waals surface area contributed by atoms with E-state index in [1.165, 1.54) is 0 Å². The van der Waals surface area contributed by atoms with E-state index in [-0.39, 0.29) is 30.8 Å². The Bertz CT molecular complexity index is 2350. The van der Waals surface area contributed by atoms with E-state index in [1.54, 1.807) is 22.7 Å². The van der Waals surface area contributed by atoms with Crippen LogP contribution >= 0.6 is 45.9 Å². The van der Waals surface area contributed by atoms with Gasteiger partial charge in [-0.2, -0.15) is 0 Å². The quantitative estimate of drug-likeness (QED) is 0.142. The predicted octanol–water partition coefficient (Wildman–Crippen LogP) is 8.92. The molecule has 0 aliphatic carbocycles. The van der Waals surface area contributed by atoms with E-state index in [4.69, 9.17) is 33.2 Å². The highest BCUT2D eigenvalue weighted by Gasteiger charge is 2.35. The second kappa shape index (κ2) is 13.7. The molecule has 2 aromatic carbocycles. The molecule has 0 amide bonds. The summed E-state index contributed by atoms with van der Waals surface area (Å²) >= 11 is 15.8. The lowest BCUT2D eigenvalue weighted by molar-refractivity contribution is -0.127. The lowest BCUT2D eigenvalue weighted by Gasteiger charge is -2.14. The van der Waals surface area contributed by atoms with Crippen molar-refractivity contribution < 1.29 is 9.59 Å². The number of hydrogen-bond donors (Lipinski definition) is 0. The minimum Gasteiger partial charge on any atom is -0.299 e. The van der Waals surface area contributed by atoms with Crippen molar-refractivity contribution in [2.75, 3.05) is 0 Å². The van der Waals surface area contributed by atoms with Gasteiger partial charge in [0.1, 0.15) is 45.3 Å². The number of aromatic nitrogens is 6. The molecule has 0 spiro atoms. The molecule has 6 heterocycles. The molecule has 0 saturated carbocycles. The molecule has 0 bridgehead atoms. The summed E-state index contributed by atoms with van der Waals surface area (Å²) in [6.07, 6.45) is -0.337. The zero-order valence-corrected chi connectivity index (χ0v) is 33.0. The number of halogens is 2. The first-order valence-corrected chi connectivity index (χ1v) is 19.5. The average Bonchev–Trinajstić information content (AvgIpc) is 3.81. The first kappa shape index (κ1) is 35.4. The largest absolute Gasteiger partial charge is 0.299 e. The summed E-state index contributed by atoms with van der Waals surface area (Å²) in [6, 6.07) is 13.8. The van der Waals surface area contributed by atoms with Gasteiger partial charge in [-0.05, 0) is 76.9 Å². The van der Waals surface area contributed by atoms with Crippen LogP contribution in [0, 0.1) is 41.5 Å². The second-order valence-corrected chi connectivity index (χ2v) is 16.8. The number of thiophene rings is 2. The zero-order valence-electron chi connectivity index (χ0n) is 29.9. The van der Waals surface area contributed by atoms with E-state index in [9.17, 15) is 9.59 Å². The fraction of sp³-hybridized carbons (Fsp3) is 0.282. The first-order chi connectivity index (χ1) is 25.4. The van der Waals surface area contributed by atoms with Gasteiger partial charge in [0.15, 0.2) is 11.6 Å². The van der Waals surface area contributed by atoms with Crippen molar-refractivity contribution in [1.82, 2.24) is 29.5 Å². The van der Waals surface area contributed by atoms with Gasteiger partial charge in [-0.15, -0.1) is 43.1 Å².